The Bertz CT molecular complexity index is 626. The summed E-state index contributed by atoms with van der Waals surface area (Å²) in [5.41, 5.74) is 7.15. The second kappa shape index (κ2) is 6.34. The Morgan fingerprint density at radius 3 is 2.95 bits per heavy atom. The molecule has 0 amide bonds. The highest BCUT2D eigenvalue weighted by molar-refractivity contribution is 7.99. The van der Waals surface area contributed by atoms with E-state index in [2.05, 4.69) is 28.5 Å². The molecule has 1 aliphatic carbocycles. The number of nitrogens with zero attached hydrogens (tertiary/aromatic N) is 4. The Balaban J connectivity index is 1.75. The van der Waals surface area contributed by atoms with E-state index in [1.165, 1.54) is 17.3 Å². The normalized spacial score (nSPS) is 16.1. The number of hydrogen-bond acceptors (Lipinski definition) is 5. The van der Waals surface area contributed by atoms with Crippen molar-refractivity contribution in [1.82, 2.24) is 20.2 Å². The fraction of sp³-hybridized carbons (Fsp3) is 0.500. The van der Waals surface area contributed by atoms with Gasteiger partial charge in [-0.15, -0.1) is 5.10 Å². The van der Waals surface area contributed by atoms with E-state index in [9.17, 15) is 0 Å². The summed E-state index contributed by atoms with van der Waals surface area (Å²) in [4.78, 5) is 0.974. The number of tetrazole rings is 1. The monoisotopic (exact) mass is 323 g/mol. The van der Waals surface area contributed by atoms with Gasteiger partial charge in [0.15, 0.2) is 0 Å². The smallest absolute Gasteiger partial charge is 0.214 e. The van der Waals surface area contributed by atoms with Gasteiger partial charge in [0.25, 0.3) is 0 Å². The van der Waals surface area contributed by atoms with E-state index in [0.717, 1.165) is 40.8 Å². The van der Waals surface area contributed by atoms with Gasteiger partial charge >= 0.3 is 0 Å². The maximum Gasteiger partial charge on any atom is 0.214 e. The standard InChI is InChI=1S/C14H18ClN5S/c1-2-10(16)7-9-3-6-13(12(15)8-9)21-14-17-18-19-20(14)11-4-5-11/h3,6,8,10-11H,2,4-5,7,16H2,1H3. The molecule has 5 nitrogen and oxygen atoms in total. The van der Waals surface area contributed by atoms with Crippen LogP contribution in [0.5, 0.6) is 0 Å². The minimum Gasteiger partial charge on any atom is -0.327 e. The largest absolute Gasteiger partial charge is 0.327 e. The van der Waals surface area contributed by atoms with Crippen molar-refractivity contribution in [1.29, 1.82) is 0 Å². The van der Waals surface area contributed by atoms with Crippen molar-refractivity contribution in [3.05, 3.63) is 28.8 Å². The summed E-state index contributed by atoms with van der Waals surface area (Å²) in [6.45, 7) is 2.09. The summed E-state index contributed by atoms with van der Waals surface area (Å²) >= 11 is 7.89. The SMILES string of the molecule is CCC(N)Cc1ccc(Sc2nnnn2C2CC2)c(Cl)c1. The van der Waals surface area contributed by atoms with Gasteiger partial charge in [0.2, 0.25) is 5.16 Å². The van der Waals surface area contributed by atoms with Gasteiger partial charge in [0.05, 0.1) is 11.1 Å². The lowest BCUT2D eigenvalue weighted by Gasteiger charge is -2.10. The van der Waals surface area contributed by atoms with Crippen LogP contribution in [0.4, 0.5) is 0 Å². The average Bonchev–Trinajstić information content (AvgIpc) is 3.21. The highest BCUT2D eigenvalue weighted by Crippen LogP contribution is 2.39. The van der Waals surface area contributed by atoms with E-state index in [1.807, 2.05) is 16.8 Å². The lowest BCUT2D eigenvalue weighted by Crippen LogP contribution is -2.21. The van der Waals surface area contributed by atoms with Crippen LogP contribution in [0.1, 0.15) is 37.8 Å². The summed E-state index contributed by atoms with van der Waals surface area (Å²) in [5.74, 6) is 0. The molecule has 2 aromatic rings. The Labute approximate surface area is 133 Å². The number of nitrogens with two attached hydrogens (primary N) is 1. The van der Waals surface area contributed by atoms with Crippen LogP contribution < -0.4 is 5.73 Å². The van der Waals surface area contributed by atoms with E-state index in [1.54, 1.807) is 0 Å². The number of benzene rings is 1. The molecule has 1 unspecified atom stereocenters. The lowest BCUT2D eigenvalue weighted by atomic mass is 10.1. The number of hydrogen-bond donors (Lipinski definition) is 1. The summed E-state index contributed by atoms with van der Waals surface area (Å²) in [6, 6.07) is 6.74. The Kier molecular flexibility index (Phi) is 4.47. The zero-order valence-corrected chi connectivity index (χ0v) is 13.4. The molecule has 21 heavy (non-hydrogen) atoms. The lowest BCUT2D eigenvalue weighted by molar-refractivity contribution is 0.565. The second-order valence-corrected chi connectivity index (χ2v) is 6.79. The predicted octanol–water partition coefficient (Wildman–Crippen LogP) is 3.09. The first kappa shape index (κ1) is 14.8. The van der Waals surface area contributed by atoms with Crippen molar-refractivity contribution in [2.75, 3.05) is 0 Å². The van der Waals surface area contributed by atoms with E-state index in [4.69, 9.17) is 17.3 Å². The maximum atomic E-state index is 6.38. The molecule has 1 aliphatic rings. The first-order valence-corrected chi connectivity index (χ1v) is 8.36. The van der Waals surface area contributed by atoms with Crippen LogP contribution >= 0.6 is 23.4 Å². The van der Waals surface area contributed by atoms with E-state index in [0.29, 0.717) is 6.04 Å². The molecule has 0 spiro atoms. The summed E-state index contributed by atoms with van der Waals surface area (Å²) < 4.78 is 1.89. The van der Waals surface area contributed by atoms with E-state index < -0.39 is 0 Å². The average molecular weight is 324 g/mol. The molecule has 0 bridgehead atoms. The van der Waals surface area contributed by atoms with Crippen LogP contribution in [0.2, 0.25) is 5.02 Å². The highest BCUT2D eigenvalue weighted by atomic mass is 35.5. The third-order valence-electron chi connectivity index (χ3n) is 3.58. The van der Waals surface area contributed by atoms with Crippen LogP contribution in [-0.2, 0) is 6.42 Å². The third kappa shape index (κ3) is 3.56. The van der Waals surface area contributed by atoms with Gasteiger partial charge in [-0.25, -0.2) is 4.68 Å². The van der Waals surface area contributed by atoms with Gasteiger partial charge < -0.3 is 5.73 Å². The molecule has 1 heterocycles. The number of aromatic nitrogens is 4. The molecule has 3 rings (SSSR count). The van der Waals surface area contributed by atoms with E-state index >= 15 is 0 Å². The predicted molar refractivity (Wildman–Crippen MR) is 83.6 cm³/mol. The fourth-order valence-electron chi connectivity index (χ4n) is 2.10. The molecule has 1 aromatic heterocycles. The summed E-state index contributed by atoms with van der Waals surface area (Å²) in [5, 5.41) is 13.4. The zero-order chi connectivity index (χ0) is 14.8. The Hall–Kier alpha value is -1.11. The number of halogens is 1. The molecule has 7 heteroatoms. The molecule has 1 fully saturated rings. The van der Waals surface area contributed by atoms with Crippen LogP contribution in [-0.4, -0.2) is 26.2 Å². The van der Waals surface area contributed by atoms with Gasteiger partial charge in [0.1, 0.15) is 0 Å². The molecule has 0 radical (unpaired) electrons. The Morgan fingerprint density at radius 2 is 2.29 bits per heavy atom. The summed E-state index contributed by atoms with van der Waals surface area (Å²) in [6.07, 6.45) is 4.12. The van der Waals surface area contributed by atoms with Crippen LogP contribution in [0.25, 0.3) is 0 Å². The minimum atomic E-state index is 0.182. The molecule has 112 valence electrons. The highest BCUT2D eigenvalue weighted by Gasteiger charge is 2.28. The molecule has 1 saturated carbocycles. The topological polar surface area (TPSA) is 69.6 Å². The quantitative estimate of drug-likeness (QED) is 0.884. The summed E-state index contributed by atoms with van der Waals surface area (Å²) in [7, 11) is 0. The van der Waals surface area contributed by atoms with E-state index in [-0.39, 0.29) is 6.04 Å². The van der Waals surface area contributed by atoms with Gasteiger partial charge in [-0.2, -0.15) is 0 Å². The first-order chi connectivity index (χ1) is 10.2. The second-order valence-electron chi connectivity index (χ2n) is 5.38. The van der Waals surface area contributed by atoms with Crippen molar-refractivity contribution in [3.8, 4) is 0 Å². The number of rotatable bonds is 6. The van der Waals surface area contributed by atoms with Crippen LogP contribution in [0.15, 0.2) is 28.3 Å². The molecule has 0 aliphatic heterocycles. The van der Waals surface area contributed by atoms with Crippen LogP contribution in [0.3, 0.4) is 0 Å². The van der Waals surface area contributed by atoms with Gasteiger partial charge in [-0.05, 0) is 65.6 Å². The third-order valence-corrected chi connectivity index (χ3v) is 5.03. The van der Waals surface area contributed by atoms with Gasteiger partial charge in [-0.1, -0.05) is 24.6 Å². The van der Waals surface area contributed by atoms with Crippen molar-refractivity contribution < 1.29 is 0 Å². The Morgan fingerprint density at radius 1 is 1.48 bits per heavy atom. The fourth-order valence-corrected chi connectivity index (χ4v) is 3.26. The molecule has 0 saturated heterocycles. The maximum absolute atomic E-state index is 6.38. The molecular weight excluding hydrogens is 306 g/mol. The van der Waals surface area contributed by atoms with Crippen molar-refractivity contribution in [2.24, 2.45) is 5.73 Å². The minimum absolute atomic E-state index is 0.182. The van der Waals surface area contributed by atoms with Gasteiger partial charge in [-0.3, -0.25) is 0 Å². The molecule has 2 N–H and O–H groups in total. The molecule has 1 aromatic carbocycles. The van der Waals surface area contributed by atoms with Crippen molar-refractivity contribution in [3.63, 3.8) is 0 Å². The van der Waals surface area contributed by atoms with Crippen molar-refractivity contribution >= 4 is 23.4 Å². The first-order valence-electron chi connectivity index (χ1n) is 7.17. The molecular formula is C14H18ClN5S. The van der Waals surface area contributed by atoms with Gasteiger partial charge in [0, 0.05) is 10.9 Å². The van der Waals surface area contributed by atoms with Crippen molar-refractivity contribution in [2.45, 2.75) is 54.7 Å². The zero-order valence-electron chi connectivity index (χ0n) is 11.9. The molecule has 1 atom stereocenters. The van der Waals surface area contributed by atoms with Crippen LogP contribution in [0, 0.1) is 0 Å².